The molecule has 0 aliphatic rings. The van der Waals surface area contributed by atoms with Crippen LogP contribution < -0.4 is 10.6 Å². The molecule has 110 valence electrons. The molecule has 0 aromatic rings. The van der Waals surface area contributed by atoms with Gasteiger partial charge in [0.1, 0.15) is 6.54 Å². The number of amides is 1. The SMILES string of the molecule is C=C(C)CNC(=NCC(=O)N(C)C)NCCOCC. The molecule has 1 amide bonds. The summed E-state index contributed by atoms with van der Waals surface area (Å²) in [7, 11) is 3.42. The van der Waals surface area contributed by atoms with E-state index in [2.05, 4.69) is 22.2 Å². The van der Waals surface area contributed by atoms with Gasteiger partial charge in [-0.25, -0.2) is 4.99 Å². The molecular formula is C13H26N4O2. The van der Waals surface area contributed by atoms with Crippen LogP contribution in [0.5, 0.6) is 0 Å². The third-order valence-corrected chi connectivity index (χ3v) is 2.17. The molecule has 0 bridgehead atoms. The lowest BCUT2D eigenvalue weighted by atomic mass is 10.3. The van der Waals surface area contributed by atoms with Crippen molar-refractivity contribution in [2.24, 2.45) is 4.99 Å². The molecular weight excluding hydrogens is 244 g/mol. The van der Waals surface area contributed by atoms with Gasteiger partial charge in [0.2, 0.25) is 5.91 Å². The molecule has 0 fully saturated rings. The molecule has 0 saturated carbocycles. The van der Waals surface area contributed by atoms with Crippen LogP contribution in [0.25, 0.3) is 0 Å². The van der Waals surface area contributed by atoms with Gasteiger partial charge in [-0.05, 0) is 13.8 Å². The first-order valence-electron chi connectivity index (χ1n) is 6.41. The molecule has 0 aliphatic heterocycles. The second-order valence-electron chi connectivity index (χ2n) is 4.39. The number of hydrogen-bond donors (Lipinski definition) is 2. The fraction of sp³-hybridized carbons (Fsp3) is 0.692. The molecule has 2 N–H and O–H groups in total. The van der Waals surface area contributed by atoms with E-state index in [0.29, 0.717) is 32.3 Å². The van der Waals surface area contributed by atoms with Gasteiger partial charge in [0.15, 0.2) is 5.96 Å². The average Bonchev–Trinajstić information content (AvgIpc) is 2.35. The number of nitrogens with one attached hydrogen (secondary N) is 2. The Morgan fingerprint density at radius 1 is 1.37 bits per heavy atom. The molecule has 0 radical (unpaired) electrons. The third-order valence-electron chi connectivity index (χ3n) is 2.17. The lowest BCUT2D eigenvalue weighted by Crippen LogP contribution is -2.40. The van der Waals surface area contributed by atoms with Gasteiger partial charge in [-0.2, -0.15) is 0 Å². The van der Waals surface area contributed by atoms with Crippen molar-refractivity contribution in [3.8, 4) is 0 Å². The summed E-state index contributed by atoms with van der Waals surface area (Å²) in [6, 6.07) is 0. The van der Waals surface area contributed by atoms with E-state index >= 15 is 0 Å². The zero-order chi connectivity index (χ0) is 14.7. The van der Waals surface area contributed by atoms with Gasteiger partial charge >= 0.3 is 0 Å². The van der Waals surface area contributed by atoms with Crippen molar-refractivity contribution < 1.29 is 9.53 Å². The van der Waals surface area contributed by atoms with Crippen molar-refractivity contribution in [3.05, 3.63) is 12.2 Å². The molecule has 0 aliphatic carbocycles. The van der Waals surface area contributed by atoms with Gasteiger partial charge in [0.25, 0.3) is 0 Å². The molecule has 6 heteroatoms. The Balaban J connectivity index is 4.26. The van der Waals surface area contributed by atoms with Crippen molar-refractivity contribution >= 4 is 11.9 Å². The summed E-state index contributed by atoms with van der Waals surface area (Å²) in [4.78, 5) is 17.2. The quantitative estimate of drug-likeness (QED) is 0.287. The first-order valence-corrected chi connectivity index (χ1v) is 6.41. The standard InChI is InChI=1S/C13H26N4O2/c1-6-19-8-7-14-13(15-9-11(2)3)16-10-12(18)17(4)5/h2,6-10H2,1,3-5H3,(H2,14,15,16). The minimum absolute atomic E-state index is 0.0405. The molecule has 0 saturated heterocycles. The van der Waals surface area contributed by atoms with E-state index < -0.39 is 0 Å². The largest absolute Gasteiger partial charge is 0.380 e. The normalized spacial score (nSPS) is 11.1. The first-order chi connectivity index (χ1) is 8.97. The van der Waals surface area contributed by atoms with Gasteiger partial charge in [-0.1, -0.05) is 12.2 Å². The van der Waals surface area contributed by atoms with Gasteiger partial charge in [0, 0.05) is 33.8 Å². The highest BCUT2D eigenvalue weighted by Gasteiger charge is 2.04. The predicted molar refractivity (Wildman–Crippen MR) is 78.3 cm³/mol. The second kappa shape index (κ2) is 10.4. The van der Waals surface area contributed by atoms with E-state index in [-0.39, 0.29) is 12.5 Å². The summed E-state index contributed by atoms with van der Waals surface area (Å²) >= 11 is 0. The summed E-state index contributed by atoms with van der Waals surface area (Å²) in [5, 5.41) is 6.21. The van der Waals surface area contributed by atoms with Crippen molar-refractivity contribution in [1.82, 2.24) is 15.5 Å². The van der Waals surface area contributed by atoms with Crippen LogP contribution in [-0.4, -0.2) is 63.7 Å². The third kappa shape index (κ3) is 10.1. The van der Waals surface area contributed by atoms with Crippen molar-refractivity contribution in [2.75, 3.05) is 46.9 Å². The average molecular weight is 270 g/mol. The maximum atomic E-state index is 11.5. The molecule has 0 rings (SSSR count). The van der Waals surface area contributed by atoms with Crippen molar-refractivity contribution in [1.29, 1.82) is 0 Å². The highest BCUT2D eigenvalue weighted by molar-refractivity contribution is 5.84. The summed E-state index contributed by atoms with van der Waals surface area (Å²) < 4.78 is 5.24. The van der Waals surface area contributed by atoms with Crippen LogP contribution >= 0.6 is 0 Å². The molecule has 6 nitrogen and oxygen atoms in total. The highest BCUT2D eigenvalue weighted by Crippen LogP contribution is 1.85. The first kappa shape index (κ1) is 17.4. The summed E-state index contributed by atoms with van der Waals surface area (Å²) in [6.45, 7) is 10.4. The minimum atomic E-state index is -0.0405. The summed E-state index contributed by atoms with van der Waals surface area (Å²) in [5.41, 5.74) is 0.998. The van der Waals surface area contributed by atoms with E-state index in [4.69, 9.17) is 4.74 Å². The summed E-state index contributed by atoms with van der Waals surface area (Å²) in [6.07, 6.45) is 0. The maximum absolute atomic E-state index is 11.5. The maximum Gasteiger partial charge on any atom is 0.243 e. The number of hydrogen-bond acceptors (Lipinski definition) is 3. The van der Waals surface area contributed by atoms with Crippen LogP contribution in [0.4, 0.5) is 0 Å². The number of nitrogens with zero attached hydrogens (tertiary/aromatic N) is 2. The van der Waals surface area contributed by atoms with Crippen LogP contribution in [0.3, 0.4) is 0 Å². The lowest BCUT2D eigenvalue weighted by molar-refractivity contribution is -0.127. The van der Waals surface area contributed by atoms with Gasteiger partial charge in [-0.3, -0.25) is 4.79 Å². The van der Waals surface area contributed by atoms with Crippen molar-refractivity contribution in [2.45, 2.75) is 13.8 Å². The number of rotatable bonds is 8. The van der Waals surface area contributed by atoms with Crippen LogP contribution in [0.15, 0.2) is 17.1 Å². The van der Waals surface area contributed by atoms with E-state index in [1.54, 1.807) is 14.1 Å². The van der Waals surface area contributed by atoms with Crippen LogP contribution in [-0.2, 0) is 9.53 Å². The van der Waals surface area contributed by atoms with E-state index in [9.17, 15) is 4.79 Å². The Bertz CT molecular complexity index is 314. The van der Waals surface area contributed by atoms with Crippen LogP contribution in [0.2, 0.25) is 0 Å². The molecule has 0 spiro atoms. The fourth-order valence-electron chi connectivity index (χ4n) is 1.08. The van der Waals surface area contributed by atoms with Gasteiger partial charge < -0.3 is 20.3 Å². The number of likely N-dealkylation sites (N-methyl/N-ethyl adjacent to an activating group) is 1. The minimum Gasteiger partial charge on any atom is -0.380 e. The topological polar surface area (TPSA) is 66.0 Å². The molecule has 0 heterocycles. The molecule has 0 atom stereocenters. The fourth-order valence-corrected chi connectivity index (χ4v) is 1.08. The Hall–Kier alpha value is -1.56. The van der Waals surface area contributed by atoms with Crippen LogP contribution in [0.1, 0.15) is 13.8 Å². The van der Waals surface area contributed by atoms with Crippen molar-refractivity contribution in [3.63, 3.8) is 0 Å². The smallest absolute Gasteiger partial charge is 0.243 e. The number of carbonyl (C=O) groups excluding carboxylic acids is 1. The van der Waals surface area contributed by atoms with E-state index in [0.717, 1.165) is 5.57 Å². The van der Waals surface area contributed by atoms with E-state index in [1.807, 2.05) is 13.8 Å². The monoisotopic (exact) mass is 270 g/mol. The Kier molecular flexibility index (Phi) is 9.52. The molecule has 19 heavy (non-hydrogen) atoms. The Morgan fingerprint density at radius 2 is 2.05 bits per heavy atom. The summed E-state index contributed by atoms with van der Waals surface area (Å²) in [5.74, 6) is 0.555. The predicted octanol–water partition coefficient (Wildman–Crippen LogP) is 0.222. The zero-order valence-corrected chi connectivity index (χ0v) is 12.5. The number of ether oxygens (including phenoxy) is 1. The lowest BCUT2D eigenvalue weighted by Gasteiger charge is -2.13. The van der Waals surface area contributed by atoms with E-state index in [1.165, 1.54) is 4.90 Å². The highest BCUT2D eigenvalue weighted by atomic mass is 16.5. The Morgan fingerprint density at radius 3 is 2.58 bits per heavy atom. The number of aliphatic imine (C=N–C) groups is 1. The zero-order valence-electron chi connectivity index (χ0n) is 12.5. The number of carbonyl (C=O) groups is 1. The number of guanidine groups is 1. The van der Waals surface area contributed by atoms with Gasteiger partial charge in [-0.15, -0.1) is 0 Å². The molecule has 0 aromatic heterocycles. The second-order valence-corrected chi connectivity index (χ2v) is 4.39. The molecule has 0 unspecified atom stereocenters. The van der Waals surface area contributed by atoms with Crippen LogP contribution in [0, 0.1) is 0 Å². The molecule has 0 aromatic carbocycles. The van der Waals surface area contributed by atoms with Gasteiger partial charge in [0.05, 0.1) is 6.61 Å². The Labute approximate surface area is 115 Å².